The van der Waals surface area contributed by atoms with Crippen LogP contribution in [-0.2, 0) is 0 Å². The minimum absolute atomic E-state index is 0. The Hall–Kier alpha value is 0.128. The molecule has 53 valence electrons. The van der Waals surface area contributed by atoms with Gasteiger partial charge in [-0.05, 0) is 31.0 Å². The Kier molecular flexibility index (Phi) is 4.15. The average molecular weight is 213 g/mol. The zero-order valence-corrected chi connectivity index (χ0v) is 8.90. The summed E-state index contributed by atoms with van der Waals surface area (Å²) in [6.45, 7) is 4.17. The molecule has 3 radical (unpaired) electrons. The van der Waals surface area contributed by atoms with Crippen molar-refractivity contribution in [1.29, 1.82) is 0 Å². The normalized spacial score (nSPS) is 8.70. The molecular weight excluding hydrogens is 203 g/mol. The van der Waals surface area contributed by atoms with Crippen LogP contribution < -0.4 is 0 Å². The van der Waals surface area contributed by atoms with E-state index >= 15 is 0 Å². The van der Waals surface area contributed by atoms with Gasteiger partial charge in [0.1, 0.15) is 0 Å². The number of thiol groups is 1. The summed E-state index contributed by atoms with van der Waals surface area (Å²) in [7, 11) is 0. The summed E-state index contributed by atoms with van der Waals surface area (Å²) in [4.78, 5) is 1.08. The third-order valence-corrected chi connectivity index (χ3v) is 2.06. The molecule has 0 aliphatic carbocycles. The van der Waals surface area contributed by atoms with Crippen molar-refractivity contribution in [3.63, 3.8) is 0 Å². The molecule has 0 unspecified atom stereocenters. The molecule has 0 saturated carbocycles. The predicted molar refractivity (Wildman–Crippen MR) is 48.9 cm³/mol. The van der Waals surface area contributed by atoms with E-state index in [4.69, 9.17) is 0 Å². The first kappa shape index (κ1) is 10.1. The Morgan fingerprint density at radius 3 is 2.20 bits per heavy atom. The van der Waals surface area contributed by atoms with Crippen LogP contribution in [0.5, 0.6) is 0 Å². The van der Waals surface area contributed by atoms with Crippen molar-refractivity contribution >= 4 is 30.6 Å². The molecule has 1 aromatic carbocycles. The molecule has 10 heavy (non-hydrogen) atoms. The van der Waals surface area contributed by atoms with Gasteiger partial charge in [0.05, 0.1) is 0 Å². The van der Waals surface area contributed by atoms with Gasteiger partial charge in [-0.15, -0.1) is 12.6 Å². The van der Waals surface area contributed by atoms with E-state index in [9.17, 15) is 0 Å². The fourth-order valence-electron chi connectivity index (χ4n) is 0.736. The molecule has 0 aliphatic rings. The van der Waals surface area contributed by atoms with Crippen molar-refractivity contribution in [2.45, 2.75) is 18.7 Å². The minimum atomic E-state index is 0. The molecule has 0 atom stereocenters. The van der Waals surface area contributed by atoms with Gasteiger partial charge in [0.15, 0.2) is 0 Å². The summed E-state index contributed by atoms with van der Waals surface area (Å²) in [6, 6.07) is 6.12. The van der Waals surface area contributed by atoms with Gasteiger partial charge in [-0.1, -0.05) is 12.1 Å². The molecule has 0 aromatic heterocycles. The molecule has 0 spiro atoms. The van der Waals surface area contributed by atoms with Gasteiger partial charge in [-0.3, -0.25) is 0 Å². The number of benzene rings is 1. The first-order valence-corrected chi connectivity index (χ1v) is 3.41. The molecule has 0 N–H and O–H groups in total. The van der Waals surface area contributed by atoms with Crippen LogP contribution in [0.25, 0.3) is 0 Å². The minimum Gasteiger partial charge on any atom is -0.143 e. The van der Waals surface area contributed by atoms with Crippen LogP contribution in [0, 0.1) is 13.8 Å². The molecule has 0 bridgehead atoms. The van der Waals surface area contributed by atoms with Gasteiger partial charge < -0.3 is 0 Å². The zero-order chi connectivity index (χ0) is 6.85. The van der Waals surface area contributed by atoms with E-state index in [1.165, 1.54) is 11.1 Å². The second-order valence-electron chi connectivity index (χ2n) is 2.22. The Morgan fingerprint density at radius 1 is 1.20 bits per heavy atom. The fraction of sp³-hybridized carbons (Fsp3) is 0.250. The second kappa shape index (κ2) is 4.10. The molecular formula is C8H10AsS. The van der Waals surface area contributed by atoms with Crippen LogP contribution in [0.2, 0.25) is 0 Å². The largest absolute Gasteiger partial charge is 0.143 e. The van der Waals surface area contributed by atoms with Crippen LogP contribution in [0.15, 0.2) is 23.1 Å². The van der Waals surface area contributed by atoms with E-state index in [1.54, 1.807) is 0 Å². The molecule has 1 rings (SSSR count). The van der Waals surface area contributed by atoms with Crippen molar-refractivity contribution in [2.24, 2.45) is 0 Å². The van der Waals surface area contributed by atoms with Gasteiger partial charge in [-0.25, -0.2) is 0 Å². The quantitative estimate of drug-likeness (QED) is 0.495. The van der Waals surface area contributed by atoms with E-state index in [0.29, 0.717) is 0 Å². The van der Waals surface area contributed by atoms with Crippen LogP contribution in [0.1, 0.15) is 11.1 Å². The summed E-state index contributed by atoms with van der Waals surface area (Å²) in [6.07, 6.45) is 0. The maximum atomic E-state index is 4.27. The Bertz CT molecular complexity index is 200. The summed E-state index contributed by atoms with van der Waals surface area (Å²) in [5, 5.41) is 0. The van der Waals surface area contributed by atoms with Crippen molar-refractivity contribution in [1.82, 2.24) is 0 Å². The average Bonchev–Trinajstić information content (AvgIpc) is 1.83. The van der Waals surface area contributed by atoms with E-state index in [1.807, 2.05) is 12.1 Å². The SMILES string of the molecule is Cc1cccc(S)c1C.[As]. The summed E-state index contributed by atoms with van der Waals surface area (Å²) >= 11 is 4.27. The standard InChI is InChI=1S/C8H10S.As/c1-6-4-3-5-8(9)7(6)2;/h3-5,9H,1-2H3;. The number of aryl methyl sites for hydroxylation is 1. The van der Waals surface area contributed by atoms with Gasteiger partial charge in [0.2, 0.25) is 0 Å². The van der Waals surface area contributed by atoms with E-state index in [-0.39, 0.29) is 18.0 Å². The van der Waals surface area contributed by atoms with Crippen LogP contribution >= 0.6 is 12.6 Å². The third-order valence-electron chi connectivity index (χ3n) is 1.58. The Labute approximate surface area is 78.8 Å². The van der Waals surface area contributed by atoms with Crippen molar-refractivity contribution < 1.29 is 0 Å². The second-order valence-corrected chi connectivity index (χ2v) is 2.70. The monoisotopic (exact) mass is 213 g/mol. The molecule has 0 saturated heterocycles. The van der Waals surface area contributed by atoms with Crippen LogP contribution in [0.3, 0.4) is 0 Å². The molecule has 0 fully saturated rings. The molecule has 0 heterocycles. The third kappa shape index (κ3) is 2.07. The maximum Gasteiger partial charge on any atom is 0.00718 e. The van der Waals surface area contributed by atoms with Crippen molar-refractivity contribution in [3.8, 4) is 0 Å². The van der Waals surface area contributed by atoms with Gasteiger partial charge >= 0.3 is 0 Å². The molecule has 1 aromatic rings. The smallest absolute Gasteiger partial charge is 0.00718 e. The molecule has 0 aliphatic heterocycles. The first-order chi connectivity index (χ1) is 4.22. The number of hydrogen-bond donors (Lipinski definition) is 1. The topological polar surface area (TPSA) is 0 Å². The molecule has 0 nitrogen and oxygen atoms in total. The van der Waals surface area contributed by atoms with E-state index in [0.717, 1.165) is 4.90 Å². The van der Waals surface area contributed by atoms with Gasteiger partial charge in [-0.2, -0.15) is 0 Å². The number of rotatable bonds is 0. The molecule has 0 amide bonds. The van der Waals surface area contributed by atoms with E-state index in [2.05, 4.69) is 32.5 Å². The summed E-state index contributed by atoms with van der Waals surface area (Å²) < 4.78 is 0. The van der Waals surface area contributed by atoms with Crippen molar-refractivity contribution in [2.75, 3.05) is 0 Å². The van der Waals surface area contributed by atoms with Crippen molar-refractivity contribution in [3.05, 3.63) is 29.3 Å². The number of hydrogen-bond acceptors (Lipinski definition) is 1. The zero-order valence-electron chi connectivity index (χ0n) is 6.13. The van der Waals surface area contributed by atoms with Crippen LogP contribution in [0.4, 0.5) is 0 Å². The van der Waals surface area contributed by atoms with Gasteiger partial charge in [0, 0.05) is 22.8 Å². The Morgan fingerprint density at radius 2 is 1.80 bits per heavy atom. The fourth-order valence-corrected chi connectivity index (χ4v) is 0.998. The Balaban J connectivity index is 0.000000810. The summed E-state index contributed by atoms with van der Waals surface area (Å²) in [5.41, 5.74) is 2.59. The van der Waals surface area contributed by atoms with E-state index < -0.39 is 0 Å². The maximum absolute atomic E-state index is 4.27. The van der Waals surface area contributed by atoms with Crippen LogP contribution in [-0.4, -0.2) is 18.0 Å². The van der Waals surface area contributed by atoms with Gasteiger partial charge in [0.25, 0.3) is 0 Å². The summed E-state index contributed by atoms with van der Waals surface area (Å²) in [5.74, 6) is 0. The first-order valence-electron chi connectivity index (χ1n) is 2.97. The predicted octanol–water partition coefficient (Wildman–Crippen LogP) is 2.21. The molecule has 2 heteroatoms.